The lowest BCUT2D eigenvalue weighted by atomic mass is 9.88. The van der Waals surface area contributed by atoms with Gasteiger partial charge in [0.25, 0.3) is 0 Å². The normalized spacial score (nSPS) is 27.2. The molecule has 1 aromatic rings. The fraction of sp³-hybridized carbons (Fsp3) is 0.562. The monoisotopic (exact) mass is 315 g/mol. The molecule has 1 N–H and O–H groups in total. The first-order valence-corrected chi connectivity index (χ1v) is 7.48. The number of carbonyl (C=O) groups is 1. The number of nitrogens with one attached hydrogen (secondary N) is 1. The van der Waals surface area contributed by atoms with Crippen molar-refractivity contribution in [3.05, 3.63) is 35.1 Å². The van der Waals surface area contributed by atoms with Crippen LogP contribution in [0.5, 0.6) is 0 Å². The molecule has 0 saturated heterocycles. The van der Waals surface area contributed by atoms with E-state index >= 15 is 0 Å². The van der Waals surface area contributed by atoms with Gasteiger partial charge in [0.1, 0.15) is 5.82 Å². The van der Waals surface area contributed by atoms with E-state index in [1.807, 2.05) is 0 Å². The molecule has 0 spiro atoms. The standard InChI is InChI=1S/C16H17F4NO/c17-12-4-3-11(14(7-12)16(18,19)20)8-21-15(22)13-6-9-1-2-10(13)5-9/h3-4,7,9-10,13H,1-2,5-6,8H2,(H,21,22)/t9-,10-,13-/m0/s1. The van der Waals surface area contributed by atoms with E-state index in [1.165, 1.54) is 0 Å². The molecule has 2 saturated carbocycles. The van der Waals surface area contributed by atoms with Crippen molar-refractivity contribution < 1.29 is 22.4 Å². The zero-order valence-electron chi connectivity index (χ0n) is 11.9. The van der Waals surface area contributed by atoms with E-state index in [2.05, 4.69) is 5.32 Å². The van der Waals surface area contributed by atoms with Crippen LogP contribution in [-0.4, -0.2) is 5.91 Å². The minimum Gasteiger partial charge on any atom is -0.352 e. The van der Waals surface area contributed by atoms with Gasteiger partial charge in [0.15, 0.2) is 0 Å². The Bertz CT molecular complexity index is 584. The van der Waals surface area contributed by atoms with Gasteiger partial charge in [0.05, 0.1) is 5.56 Å². The van der Waals surface area contributed by atoms with Crippen LogP contribution in [0.4, 0.5) is 17.6 Å². The number of amides is 1. The van der Waals surface area contributed by atoms with Crippen molar-refractivity contribution in [3.63, 3.8) is 0 Å². The first-order chi connectivity index (χ1) is 10.3. The van der Waals surface area contributed by atoms with Gasteiger partial charge in [-0.3, -0.25) is 4.79 Å². The van der Waals surface area contributed by atoms with Gasteiger partial charge < -0.3 is 5.32 Å². The number of carbonyl (C=O) groups excluding carboxylic acids is 1. The largest absolute Gasteiger partial charge is 0.416 e. The van der Waals surface area contributed by atoms with Gasteiger partial charge in [0.2, 0.25) is 5.91 Å². The number of alkyl halides is 3. The fourth-order valence-electron chi connectivity index (χ4n) is 3.85. The van der Waals surface area contributed by atoms with E-state index in [-0.39, 0.29) is 23.9 Å². The van der Waals surface area contributed by atoms with Crippen molar-refractivity contribution in [1.29, 1.82) is 0 Å². The molecule has 0 unspecified atom stereocenters. The van der Waals surface area contributed by atoms with Crippen molar-refractivity contribution in [2.75, 3.05) is 0 Å². The quantitative estimate of drug-likeness (QED) is 0.842. The van der Waals surface area contributed by atoms with Crippen LogP contribution >= 0.6 is 0 Å². The van der Waals surface area contributed by atoms with Crippen LogP contribution < -0.4 is 5.32 Å². The maximum Gasteiger partial charge on any atom is 0.416 e. The van der Waals surface area contributed by atoms with Crippen molar-refractivity contribution in [2.45, 2.75) is 38.4 Å². The first kappa shape index (κ1) is 15.3. The van der Waals surface area contributed by atoms with E-state index in [4.69, 9.17) is 0 Å². The second kappa shape index (κ2) is 5.56. The number of hydrogen-bond donors (Lipinski definition) is 1. The molecule has 2 nitrogen and oxygen atoms in total. The lowest BCUT2D eigenvalue weighted by molar-refractivity contribution is -0.138. The zero-order valence-corrected chi connectivity index (χ0v) is 11.9. The number of hydrogen-bond acceptors (Lipinski definition) is 1. The predicted octanol–water partition coefficient (Wildman–Crippen LogP) is 3.90. The highest BCUT2D eigenvalue weighted by Gasteiger charge is 2.43. The summed E-state index contributed by atoms with van der Waals surface area (Å²) in [5.41, 5.74) is -1.13. The molecule has 2 bridgehead atoms. The summed E-state index contributed by atoms with van der Waals surface area (Å²) in [6.07, 6.45) is -0.541. The number of rotatable bonds is 3. The third-order valence-corrected chi connectivity index (χ3v) is 4.91. The van der Waals surface area contributed by atoms with E-state index in [0.29, 0.717) is 17.9 Å². The molecule has 0 aliphatic heterocycles. The summed E-state index contributed by atoms with van der Waals surface area (Å²) < 4.78 is 51.7. The molecular formula is C16H17F4NO. The highest BCUT2D eigenvalue weighted by atomic mass is 19.4. The van der Waals surface area contributed by atoms with Crippen molar-refractivity contribution >= 4 is 5.91 Å². The van der Waals surface area contributed by atoms with Crippen LogP contribution in [0.3, 0.4) is 0 Å². The lowest BCUT2D eigenvalue weighted by Crippen LogP contribution is -2.33. The summed E-state index contributed by atoms with van der Waals surface area (Å²) in [5.74, 6) is -0.216. The molecule has 3 atom stereocenters. The minimum atomic E-state index is -4.63. The zero-order chi connectivity index (χ0) is 15.9. The Morgan fingerprint density at radius 3 is 2.59 bits per heavy atom. The summed E-state index contributed by atoms with van der Waals surface area (Å²) >= 11 is 0. The van der Waals surface area contributed by atoms with Gasteiger partial charge in [-0.25, -0.2) is 4.39 Å². The maximum atomic E-state index is 13.0. The topological polar surface area (TPSA) is 29.1 Å². The molecule has 0 aromatic heterocycles. The van der Waals surface area contributed by atoms with Gasteiger partial charge in [-0.15, -0.1) is 0 Å². The third kappa shape index (κ3) is 2.96. The molecular weight excluding hydrogens is 298 g/mol. The second-order valence-corrected chi connectivity index (χ2v) is 6.30. The lowest BCUT2D eigenvalue weighted by Gasteiger charge is -2.21. The van der Waals surface area contributed by atoms with E-state index in [0.717, 1.165) is 37.8 Å². The minimum absolute atomic E-state index is 0.0754. The van der Waals surface area contributed by atoms with Crippen LogP contribution in [0, 0.1) is 23.6 Å². The Balaban J connectivity index is 1.68. The van der Waals surface area contributed by atoms with Gasteiger partial charge in [-0.1, -0.05) is 12.5 Å². The molecule has 1 aromatic carbocycles. The van der Waals surface area contributed by atoms with Crippen LogP contribution in [0.15, 0.2) is 18.2 Å². The summed E-state index contributed by atoms with van der Waals surface area (Å²) in [4.78, 5) is 12.2. The molecule has 2 fully saturated rings. The predicted molar refractivity (Wildman–Crippen MR) is 72.2 cm³/mol. The summed E-state index contributed by atoms with van der Waals surface area (Å²) in [6, 6.07) is 2.53. The van der Waals surface area contributed by atoms with Gasteiger partial charge in [-0.05, 0) is 48.8 Å². The Kier molecular flexibility index (Phi) is 3.87. The van der Waals surface area contributed by atoms with Crippen molar-refractivity contribution in [1.82, 2.24) is 5.32 Å². The average Bonchev–Trinajstić information content (AvgIpc) is 3.07. The van der Waals surface area contributed by atoms with Crippen molar-refractivity contribution in [3.8, 4) is 0 Å². The summed E-state index contributed by atoms with van der Waals surface area (Å²) in [5, 5.41) is 2.60. The van der Waals surface area contributed by atoms with E-state index in [9.17, 15) is 22.4 Å². The third-order valence-electron chi connectivity index (χ3n) is 4.91. The molecule has 1 amide bonds. The second-order valence-electron chi connectivity index (χ2n) is 6.30. The summed E-state index contributed by atoms with van der Waals surface area (Å²) in [6.45, 7) is -0.220. The van der Waals surface area contributed by atoms with E-state index in [1.54, 1.807) is 0 Å². The van der Waals surface area contributed by atoms with Crippen LogP contribution in [0.1, 0.15) is 36.8 Å². The van der Waals surface area contributed by atoms with Crippen LogP contribution in [-0.2, 0) is 17.5 Å². The Morgan fingerprint density at radius 1 is 1.23 bits per heavy atom. The molecule has 2 aliphatic carbocycles. The first-order valence-electron chi connectivity index (χ1n) is 7.48. The SMILES string of the molecule is O=C(NCc1ccc(F)cc1C(F)(F)F)[C@H]1C[C@H]2CC[C@H]1C2. The van der Waals surface area contributed by atoms with E-state index < -0.39 is 17.6 Å². The molecule has 0 heterocycles. The van der Waals surface area contributed by atoms with Gasteiger partial charge in [0, 0.05) is 12.5 Å². The molecule has 6 heteroatoms. The average molecular weight is 315 g/mol. The fourth-order valence-corrected chi connectivity index (χ4v) is 3.85. The molecule has 3 rings (SSSR count). The van der Waals surface area contributed by atoms with Crippen LogP contribution in [0.25, 0.3) is 0 Å². The number of halogens is 4. The van der Waals surface area contributed by atoms with Crippen LogP contribution in [0.2, 0.25) is 0 Å². The summed E-state index contributed by atoms with van der Waals surface area (Å²) in [7, 11) is 0. The smallest absolute Gasteiger partial charge is 0.352 e. The highest BCUT2D eigenvalue weighted by Crippen LogP contribution is 2.48. The number of benzene rings is 1. The Labute approximate surface area is 125 Å². The Hall–Kier alpha value is -1.59. The Morgan fingerprint density at radius 2 is 2.00 bits per heavy atom. The molecule has 22 heavy (non-hydrogen) atoms. The van der Waals surface area contributed by atoms with Gasteiger partial charge in [-0.2, -0.15) is 13.2 Å². The maximum absolute atomic E-state index is 13.0. The molecule has 120 valence electrons. The van der Waals surface area contributed by atoms with Gasteiger partial charge >= 0.3 is 6.18 Å². The molecule has 0 radical (unpaired) electrons. The number of fused-ring (bicyclic) bond motifs is 2. The van der Waals surface area contributed by atoms with Crippen molar-refractivity contribution in [2.24, 2.45) is 17.8 Å². The molecule has 2 aliphatic rings. The highest BCUT2D eigenvalue weighted by molar-refractivity contribution is 5.79.